The Labute approximate surface area is 79.3 Å². The summed E-state index contributed by atoms with van der Waals surface area (Å²) in [5.74, 6) is -0.269. The molecule has 0 rings (SSSR count). The highest BCUT2D eigenvalue weighted by Gasteiger charge is 2.19. The fourth-order valence-electron chi connectivity index (χ4n) is 1.08. The summed E-state index contributed by atoms with van der Waals surface area (Å²) in [7, 11) is 1.37. The monoisotopic (exact) mass is 189 g/mol. The molecule has 0 aliphatic carbocycles. The van der Waals surface area contributed by atoms with Crippen molar-refractivity contribution < 1.29 is 14.6 Å². The van der Waals surface area contributed by atoms with Crippen LogP contribution in [0, 0.1) is 0 Å². The fourth-order valence-corrected chi connectivity index (χ4v) is 1.08. The van der Waals surface area contributed by atoms with E-state index in [1.165, 1.54) is 7.11 Å². The Kier molecular flexibility index (Phi) is 6.54. The number of esters is 1. The van der Waals surface area contributed by atoms with Crippen molar-refractivity contribution in [1.82, 2.24) is 5.32 Å². The van der Waals surface area contributed by atoms with Gasteiger partial charge in [-0.3, -0.25) is 10.1 Å². The number of rotatable bonds is 6. The molecule has 0 aromatic heterocycles. The third-order valence-electron chi connectivity index (χ3n) is 2.04. The van der Waals surface area contributed by atoms with E-state index in [1.807, 2.05) is 13.8 Å². The lowest BCUT2D eigenvalue weighted by molar-refractivity contribution is -0.143. The first-order valence-electron chi connectivity index (χ1n) is 4.64. The van der Waals surface area contributed by atoms with Crippen molar-refractivity contribution in [2.45, 2.75) is 38.8 Å². The van der Waals surface area contributed by atoms with Gasteiger partial charge in [0, 0.05) is 6.04 Å². The highest BCUT2D eigenvalue weighted by Crippen LogP contribution is 1.98. The van der Waals surface area contributed by atoms with Crippen LogP contribution in [0.4, 0.5) is 0 Å². The van der Waals surface area contributed by atoms with Gasteiger partial charge in [-0.2, -0.15) is 0 Å². The number of carbonyl (C=O) groups excluding carboxylic acids is 1. The molecule has 4 nitrogen and oxygen atoms in total. The summed E-state index contributed by atoms with van der Waals surface area (Å²) in [4.78, 5) is 11.1. The zero-order valence-corrected chi connectivity index (χ0v) is 8.54. The van der Waals surface area contributed by atoms with Crippen LogP contribution in [0.2, 0.25) is 0 Å². The van der Waals surface area contributed by atoms with Gasteiger partial charge >= 0.3 is 5.97 Å². The zero-order chi connectivity index (χ0) is 10.3. The molecule has 78 valence electrons. The van der Waals surface area contributed by atoms with Crippen molar-refractivity contribution in [1.29, 1.82) is 0 Å². The number of nitrogens with one attached hydrogen (secondary N) is 1. The number of hydrogen-bond donors (Lipinski definition) is 2. The van der Waals surface area contributed by atoms with Gasteiger partial charge in [0.25, 0.3) is 0 Å². The van der Waals surface area contributed by atoms with Crippen LogP contribution >= 0.6 is 0 Å². The highest BCUT2D eigenvalue weighted by molar-refractivity contribution is 5.75. The molecule has 0 radical (unpaired) electrons. The summed E-state index contributed by atoms with van der Waals surface area (Å²) >= 11 is 0. The van der Waals surface area contributed by atoms with Crippen LogP contribution in [-0.2, 0) is 9.53 Å². The fraction of sp³-hybridized carbons (Fsp3) is 0.889. The minimum atomic E-state index is -0.304. The van der Waals surface area contributed by atoms with Crippen molar-refractivity contribution in [3.63, 3.8) is 0 Å². The largest absolute Gasteiger partial charge is 0.468 e. The molecule has 0 aromatic carbocycles. The summed E-state index contributed by atoms with van der Waals surface area (Å²) in [6, 6.07) is -0.328. The summed E-state index contributed by atoms with van der Waals surface area (Å²) < 4.78 is 4.61. The van der Waals surface area contributed by atoms with E-state index in [0.717, 1.165) is 6.42 Å². The van der Waals surface area contributed by atoms with Gasteiger partial charge in [0.05, 0.1) is 13.7 Å². The van der Waals surface area contributed by atoms with Gasteiger partial charge in [-0.1, -0.05) is 13.8 Å². The Morgan fingerprint density at radius 2 is 2.08 bits per heavy atom. The third-order valence-corrected chi connectivity index (χ3v) is 2.04. The summed E-state index contributed by atoms with van der Waals surface area (Å²) in [6.45, 7) is 3.90. The Balaban J connectivity index is 4.02. The van der Waals surface area contributed by atoms with E-state index < -0.39 is 0 Å². The van der Waals surface area contributed by atoms with Crippen LogP contribution < -0.4 is 5.32 Å². The molecule has 0 aliphatic heterocycles. The molecule has 2 atom stereocenters. The average molecular weight is 189 g/mol. The summed E-state index contributed by atoms with van der Waals surface area (Å²) in [6.07, 6.45) is 1.47. The normalized spacial score (nSPS) is 15.1. The molecule has 0 saturated carbocycles. The molecule has 4 heteroatoms. The quantitative estimate of drug-likeness (QED) is 0.590. The SMILES string of the molecule is CCC(CO)NC(CC)C(=O)OC. The molecule has 0 saturated heterocycles. The molecular formula is C9H19NO3. The summed E-state index contributed by atoms with van der Waals surface area (Å²) in [5, 5.41) is 11.9. The van der Waals surface area contributed by atoms with E-state index in [1.54, 1.807) is 0 Å². The van der Waals surface area contributed by atoms with Crippen LogP contribution in [0.25, 0.3) is 0 Å². The lowest BCUT2D eigenvalue weighted by Crippen LogP contribution is -2.44. The molecule has 2 N–H and O–H groups in total. The van der Waals surface area contributed by atoms with Crippen LogP contribution in [0.1, 0.15) is 26.7 Å². The predicted molar refractivity (Wildman–Crippen MR) is 50.4 cm³/mol. The zero-order valence-electron chi connectivity index (χ0n) is 8.54. The van der Waals surface area contributed by atoms with E-state index in [-0.39, 0.29) is 24.7 Å². The van der Waals surface area contributed by atoms with Crippen LogP contribution in [0.15, 0.2) is 0 Å². The number of ether oxygens (including phenoxy) is 1. The van der Waals surface area contributed by atoms with Crippen molar-refractivity contribution in [2.75, 3.05) is 13.7 Å². The molecule has 13 heavy (non-hydrogen) atoms. The molecule has 0 spiro atoms. The Hall–Kier alpha value is -0.610. The van der Waals surface area contributed by atoms with Crippen LogP contribution in [0.5, 0.6) is 0 Å². The maximum atomic E-state index is 11.1. The predicted octanol–water partition coefficient (Wildman–Crippen LogP) is 0.298. The lowest BCUT2D eigenvalue weighted by Gasteiger charge is -2.20. The lowest BCUT2D eigenvalue weighted by atomic mass is 10.1. The van der Waals surface area contributed by atoms with Gasteiger partial charge in [-0.15, -0.1) is 0 Å². The van der Waals surface area contributed by atoms with Gasteiger partial charge in [0.15, 0.2) is 0 Å². The van der Waals surface area contributed by atoms with Crippen LogP contribution in [-0.4, -0.2) is 36.9 Å². The third kappa shape index (κ3) is 4.24. The topological polar surface area (TPSA) is 58.6 Å². The number of aliphatic hydroxyl groups is 1. The number of aliphatic hydroxyl groups excluding tert-OH is 1. The van der Waals surface area contributed by atoms with Crippen molar-refractivity contribution in [3.8, 4) is 0 Å². The van der Waals surface area contributed by atoms with Crippen LogP contribution in [0.3, 0.4) is 0 Å². The first kappa shape index (κ1) is 12.4. The maximum Gasteiger partial charge on any atom is 0.322 e. The van der Waals surface area contributed by atoms with Crippen molar-refractivity contribution >= 4 is 5.97 Å². The molecule has 0 amide bonds. The Morgan fingerprint density at radius 1 is 1.46 bits per heavy atom. The second kappa shape index (κ2) is 6.86. The van der Waals surface area contributed by atoms with E-state index in [4.69, 9.17) is 5.11 Å². The van der Waals surface area contributed by atoms with E-state index in [2.05, 4.69) is 10.1 Å². The Morgan fingerprint density at radius 3 is 2.38 bits per heavy atom. The van der Waals surface area contributed by atoms with E-state index in [0.29, 0.717) is 6.42 Å². The van der Waals surface area contributed by atoms with Crippen molar-refractivity contribution in [2.24, 2.45) is 0 Å². The average Bonchev–Trinajstić information content (AvgIpc) is 2.19. The molecular weight excluding hydrogens is 170 g/mol. The van der Waals surface area contributed by atoms with Crippen molar-refractivity contribution in [3.05, 3.63) is 0 Å². The van der Waals surface area contributed by atoms with Gasteiger partial charge < -0.3 is 9.84 Å². The molecule has 0 aliphatic rings. The first-order chi connectivity index (χ1) is 6.19. The minimum Gasteiger partial charge on any atom is -0.468 e. The smallest absolute Gasteiger partial charge is 0.322 e. The first-order valence-corrected chi connectivity index (χ1v) is 4.64. The highest BCUT2D eigenvalue weighted by atomic mass is 16.5. The molecule has 0 heterocycles. The van der Waals surface area contributed by atoms with E-state index >= 15 is 0 Å². The van der Waals surface area contributed by atoms with E-state index in [9.17, 15) is 4.79 Å². The second-order valence-electron chi connectivity index (χ2n) is 2.94. The molecule has 2 unspecified atom stereocenters. The van der Waals surface area contributed by atoms with Gasteiger partial charge in [-0.05, 0) is 12.8 Å². The number of hydrogen-bond acceptors (Lipinski definition) is 4. The maximum absolute atomic E-state index is 11.1. The molecule has 0 bridgehead atoms. The van der Waals surface area contributed by atoms with Gasteiger partial charge in [0.1, 0.15) is 6.04 Å². The molecule has 0 aromatic rings. The standard InChI is InChI=1S/C9H19NO3/c1-4-7(6-11)10-8(5-2)9(12)13-3/h7-8,10-11H,4-6H2,1-3H3. The van der Waals surface area contributed by atoms with Gasteiger partial charge in [-0.25, -0.2) is 0 Å². The minimum absolute atomic E-state index is 0.0240. The number of methoxy groups -OCH3 is 1. The van der Waals surface area contributed by atoms with Gasteiger partial charge in [0.2, 0.25) is 0 Å². The second-order valence-corrected chi connectivity index (χ2v) is 2.94. The summed E-state index contributed by atoms with van der Waals surface area (Å²) in [5.41, 5.74) is 0. The molecule has 0 fully saturated rings. The Bertz CT molecular complexity index is 146. The number of carbonyl (C=O) groups is 1.